The minimum Gasteiger partial charge on any atom is -0.491 e. The van der Waals surface area contributed by atoms with Gasteiger partial charge < -0.3 is 25.2 Å². The zero-order valence-electron chi connectivity index (χ0n) is 21.4. The number of amides is 2. The molecule has 4 rings (SSSR count). The first-order valence-electron chi connectivity index (χ1n) is 12.5. The fourth-order valence-electron chi connectivity index (χ4n) is 4.31. The van der Waals surface area contributed by atoms with E-state index in [4.69, 9.17) is 9.47 Å². The second-order valence-corrected chi connectivity index (χ2v) is 12.2. The molecule has 2 aliphatic rings. The molecular weight excluding hydrogens is 497 g/mol. The SMILES string of the molecule is CC(C)(C)SCCNC(=O)c1ccc(Cc2cc(C(=O)N[C@H]3CCOC[C@@H]3O)nc3c2OCC3)cc1F. The van der Waals surface area contributed by atoms with E-state index in [0.29, 0.717) is 56.0 Å². The smallest absolute Gasteiger partial charge is 0.270 e. The highest BCUT2D eigenvalue weighted by atomic mass is 32.2. The van der Waals surface area contributed by atoms with Gasteiger partial charge in [0, 0.05) is 42.1 Å². The molecule has 8 nitrogen and oxygen atoms in total. The molecule has 0 bridgehead atoms. The Hall–Kier alpha value is -2.69. The van der Waals surface area contributed by atoms with Gasteiger partial charge in [-0.15, -0.1) is 0 Å². The van der Waals surface area contributed by atoms with Crippen LogP contribution in [0.15, 0.2) is 24.3 Å². The molecule has 200 valence electrons. The summed E-state index contributed by atoms with van der Waals surface area (Å²) < 4.78 is 26.0. The Morgan fingerprint density at radius 2 is 2.03 bits per heavy atom. The summed E-state index contributed by atoms with van der Waals surface area (Å²) in [5.74, 6) is -0.0747. The third-order valence-corrected chi connectivity index (χ3v) is 7.45. The van der Waals surface area contributed by atoms with Crippen LogP contribution in [0.3, 0.4) is 0 Å². The van der Waals surface area contributed by atoms with E-state index in [1.54, 1.807) is 23.9 Å². The summed E-state index contributed by atoms with van der Waals surface area (Å²) in [6.07, 6.45) is 0.629. The molecule has 1 aromatic heterocycles. The second-order valence-electron chi connectivity index (χ2n) is 10.3. The van der Waals surface area contributed by atoms with Crippen LogP contribution in [0.4, 0.5) is 4.39 Å². The molecular formula is C27H34FN3O5S. The van der Waals surface area contributed by atoms with Crippen molar-refractivity contribution in [2.75, 3.05) is 32.1 Å². The van der Waals surface area contributed by atoms with Crippen LogP contribution >= 0.6 is 11.8 Å². The first-order valence-corrected chi connectivity index (χ1v) is 13.5. The number of carbonyl (C=O) groups excluding carboxylic acids is 2. The van der Waals surface area contributed by atoms with Crippen LogP contribution in [-0.4, -0.2) is 70.9 Å². The molecule has 0 saturated carbocycles. The number of hydrogen-bond acceptors (Lipinski definition) is 7. The molecule has 2 amide bonds. The maximum absolute atomic E-state index is 14.9. The van der Waals surface area contributed by atoms with Crippen molar-refractivity contribution < 1.29 is 28.6 Å². The van der Waals surface area contributed by atoms with Crippen LogP contribution in [0.2, 0.25) is 0 Å². The minimum absolute atomic E-state index is 0.00389. The molecule has 10 heteroatoms. The number of benzene rings is 1. The quantitative estimate of drug-likeness (QED) is 0.450. The molecule has 0 spiro atoms. The van der Waals surface area contributed by atoms with Crippen molar-refractivity contribution >= 4 is 23.6 Å². The number of nitrogens with zero attached hydrogens (tertiary/aromatic N) is 1. The number of rotatable bonds is 8. The van der Waals surface area contributed by atoms with E-state index >= 15 is 0 Å². The van der Waals surface area contributed by atoms with Gasteiger partial charge in [-0.3, -0.25) is 9.59 Å². The van der Waals surface area contributed by atoms with Gasteiger partial charge in [-0.2, -0.15) is 11.8 Å². The predicted octanol–water partition coefficient (Wildman–Crippen LogP) is 2.89. The average molecular weight is 532 g/mol. The molecule has 2 aliphatic heterocycles. The van der Waals surface area contributed by atoms with Gasteiger partial charge in [0.25, 0.3) is 11.8 Å². The van der Waals surface area contributed by atoms with E-state index in [1.165, 1.54) is 12.1 Å². The summed E-state index contributed by atoms with van der Waals surface area (Å²) in [6, 6.07) is 5.78. The molecule has 0 aliphatic carbocycles. The van der Waals surface area contributed by atoms with Crippen molar-refractivity contribution in [2.45, 2.75) is 56.9 Å². The number of nitrogens with one attached hydrogen (secondary N) is 2. The first kappa shape index (κ1) is 27.3. The predicted molar refractivity (Wildman–Crippen MR) is 140 cm³/mol. The highest BCUT2D eigenvalue weighted by Gasteiger charge is 2.28. The third kappa shape index (κ3) is 7.21. The summed E-state index contributed by atoms with van der Waals surface area (Å²) in [4.78, 5) is 29.9. The zero-order chi connectivity index (χ0) is 26.6. The minimum atomic E-state index is -0.772. The van der Waals surface area contributed by atoms with Crippen molar-refractivity contribution in [3.63, 3.8) is 0 Å². The summed E-state index contributed by atoms with van der Waals surface area (Å²) in [5, 5.41) is 15.7. The highest BCUT2D eigenvalue weighted by molar-refractivity contribution is 8.00. The lowest BCUT2D eigenvalue weighted by Crippen LogP contribution is -2.48. The Balaban J connectivity index is 1.45. The van der Waals surface area contributed by atoms with Gasteiger partial charge in [0.2, 0.25) is 0 Å². The first-order chi connectivity index (χ1) is 17.6. The molecule has 2 atom stereocenters. The van der Waals surface area contributed by atoms with Gasteiger partial charge in [-0.25, -0.2) is 9.37 Å². The van der Waals surface area contributed by atoms with Gasteiger partial charge in [0.05, 0.1) is 36.6 Å². The van der Waals surface area contributed by atoms with Crippen LogP contribution < -0.4 is 15.4 Å². The molecule has 0 radical (unpaired) electrons. The number of aromatic nitrogens is 1. The fraction of sp³-hybridized carbons (Fsp3) is 0.519. The Labute approximate surface area is 220 Å². The third-order valence-electron chi connectivity index (χ3n) is 6.18. The van der Waals surface area contributed by atoms with Gasteiger partial charge in [-0.1, -0.05) is 26.8 Å². The number of hydrogen-bond donors (Lipinski definition) is 3. The number of carbonyl (C=O) groups is 2. The van der Waals surface area contributed by atoms with E-state index in [0.717, 1.165) is 11.3 Å². The van der Waals surface area contributed by atoms with Crippen LogP contribution in [0.5, 0.6) is 5.75 Å². The Bertz CT molecular complexity index is 1150. The molecule has 0 unspecified atom stereocenters. The molecule has 1 aromatic carbocycles. The molecule has 37 heavy (non-hydrogen) atoms. The summed E-state index contributed by atoms with van der Waals surface area (Å²) in [6.45, 7) is 7.87. The maximum atomic E-state index is 14.9. The number of aliphatic hydroxyl groups is 1. The lowest BCUT2D eigenvalue weighted by atomic mass is 10.0. The fourth-order valence-corrected chi connectivity index (χ4v) is 5.13. The number of halogens is 1. The summed E-state index contributed by atoms with van der Waals surface area (Å²) in [5.41, 5.74) is 2.27. The Morgan fingerprint density at radius 3 is 2.76 bits per heavy atom. The number of pyridine rings is 1. The van der Waals surface area contributed by atoms with Gasteiger partial charge in [0.15, 0.2) is 0 Å². The van der Waals surface area contributed by atoms with Crippen LogP contribution in [-0.2, 0) is 17.6 Å². The van der Waals surface area contributed by atoms with Crippen molar-refractivity contribution in [1.82, 2.24) is 15.6 Å². The molecule has 1 saturated heterocycles. The molecule has 3 heterocycles. The standard InChI is InChI=1S/C27H34FN3O5S/c1-27(2,3)37-11-8-29-25(33)18-5-4-16(13-19(18)28)12-17-14-22(30-21-7-10-36-24(17)21)26(34)31-20-6-9-35-15-23(20)32/h4-5,13-14,20,23,32H,6-12,15H2,1-3H3,(H,29,33)(H,31,34)/t20-,23-/m0/s1. The van der Waals surface area contributed by atoms with Gasteiger partial charge in [-0.05, 0) is 30.2 Å². The number of ether oxygens (including phenoxy) is 2. The van der Waals surface area contributed by atoms with Crippen molar-refractivity contribution in [2.24, 2.45) is 0 Å². The lowest BCUT2D eigenvalue weighted by Gasteiger charge is -2.28. The van der Waals surface area contributed by atoms with Crippen LogP contribution in [0, 0.1) is 5.82 Å². The van der Waals surface area contributed by atoms with Crippen LogP contribution in [0.1, 0.15) is 64.9 Å². The van der Waals surface area contributed by atoms with Gasteiger partial charge in [0.1, 0.15) is 17.3 Å². The number of thioether (sulfide) groups is 1. The Morgan fingerprint density at radius 1 is 1.22 bits per heavy atom. The molecule has 3 N–H and O–H groups in total. The van der Waals surface area contributed by atoms with Crippen molar-refractivity contribution in [3.8, 4) is 5.75 Å². The Kier molecular flexibility index (Phi) is 8.71. The van der Waals surface area contributed by atoms with Crippen LogP contribution in [0.25, 0.3) is 0 Å². The van der Waals surface area contributed by atoms with Crippen molar-refractivity contribution in [1.29, 1.82) is 0 Å². The van der Waals surface area contributed by atoms with E-state index < -0.39 is 23.9 Å². The van der Waals surface area contributed by atoms with E-state index in [1.807, 2.05) is 0 Å². The zero-order valence-corrected chi connectivity index (χ0v) is 22.3. The second kappa shape index (κ2) is 11.8. The average Bonchev–Trinajstić information content (AvgIpc) is 3.32. The normalized spacial score (nSPS) is 19.2. The number of fused-ring (bicyclic) bond motifs is 1. The molecule has 1 fully saturated rings. The largest absolute Gasteiger partial charge is 0.491 e. The summed E-state index contributed by atoms with van der Waals surface area (Å²) >= 11 is 1.73. The lowest BCUT2D eigenvalue weighted by molar-refractivity contribution is -0.0261. The van der Waals surface area contributed by atoms with Gasteiger partial charge >= 0.3 is 0 Å². The maximum Gasteiger partial charge on any atom is 0.270 e. The topological polar surface area (TPSA) is 110 Å². The van der Waals surface area contributed by atoms with E-state index in [2.05, 4.69) is 36.4 Å². The van der Waals surface area contributed by atoms with E-state index in [-0.39, 0.29) is 28.5 Å². The summed E-state index contributed by atoms with van der Waals surface area (Å²) in [7, 11) is 0. The highest BCUT2D eigenvalue weighted by Crippen LogP contribution is 2.31. The van der Waals surface area contributed by atoms with Crippen molar-refractivity contribution in [3.05, 3.63) is 58.2 Å². The molecule has 2 aromatic rings. The van der Waals surface area contributed by atoms with E-state index in [9.17, 15) is 19.1 Å². The number of aliphatic hydroxyl groups excluding tert-OH is 1. The monoisotopic (exact) mass is 531 g/mol.